The van der Waals surface area contributed by atoms with E-state index in [9.17, 15) is 18.0 Å². The van der Waals surface area contributed by atoms with Crippen LogP contribution in [-0.2, 0) is 36.8 Å². The van der Waals surface area contributed by atoms with E-state index in [-0.39, 0.29) is 17.7 Å². The van der Waals surface area contributed by atoms with Crippen LogP contribution in [0.2, 0.25) is 0 Å². The number of carbonyl (C=O) groups excluding carboxylic acids is 2. The maximum atomic E-state index is 13.6. The molecule has 0 saturated carbocycles. The molecule has 2 heterocycles. The Labute approximate surface area is 241 Å². The van der Waals surface area contributed by atoms with E-state index in [1.54, 1.807) is 18.3 Å². The molecule has 0 aliphatic rings. The van der Waals surface area contributed by atoms with Gasteiger partial charge < -0.3 is 15.4 Å². The molecule has 0 fully saturated rings. The molecule has 0 aliphatic heterocycles. The Morgan fingerprint density at radius 2 is 1.68 bits per heavy atom. The summed E-state index contributed by atoms with van der Waals surface area (Å²) in [6.45, 7) is 1.90. The molecule has 2 aromatic heterocycles. The van der Waals surface area contributed by atoms with Crippen LogP contribution in [0.1, 0.15) is 28.6 Å². The number of methoxy groups -OCH3 is 1. The van der Waals surface area contributed by atoms with Crippen molar-refractivity contribution in [3.8, 4) is 10.6 Å². The lowest BCUT2D eigenvalue weighted by Crippen LogP contribution is -2.49. The van der Waals surface area contributed by atoms with Gasteiger partial charge in [0.1, 0.15) is 11.0 Å². The number of aryl methyl sites for hydroxylation is 1. The molecule has 0 spiro atoms. The van der Waals surface area contributed by atoms with Crippen LogP contribution >= 0.6 is 11.3 Å². The summed E-state index contributed by atoms with van der Waals surface area (Å²) in [6.07, 6.45) is 1.51. The number of pyridine rings is 1. The largest absolute Gasteiger partial charge is 0.453 e. The first kappa shape index (κ1) is 29.8. The van der Waals surface area contributed by atoms with Gasteiger partial charge in [-0.3, -0.25) is 9.78 Å². The fourth-order valence-electron chi connectivity index (χ4n) is 4.02. The molecule has 0 saturated heterocycles. The molecule has 2 aromatic carbocycles. The number of nitrogens with two attached hydrogens (primary N) is 1. The normalized spacial score (nSPS) is 12.8. The number of ether oxygens (including phenoxy) is 1. The summed E-state index contributed by atoms with van der Waals surface area (Å²) in [6, 6.07) is 17.5. The maximum Gasteiger partial charge on any atom is 0.407 e. The Balaban J connectivity index is 1.63. The highest BCUT2D eigenvalue weighted by molar-refractivity contribution is 7.86. The number of nitrogens with zero attached hydrogens (tertiary/aromatic N) is 2. The summed E-state index contributed by atoms with van der Waals surface area (Å²) in [4.78, 5) is 34.7. The Hall–Kier alpha value is -4.17. The number of thiazole rings is 1. The van der Waals surface area contributed by atoms with Crippen molar-refractivity contribution >= 4 is 33.5 Å². The highest BCUT2D eigenvalue weighted by Gasteiger charge is 2.26. The zero-order valence-corrected chi connectivity index (χ0v) is 23.9. The third-order valence-corrected chi connectivity index (χ3v) is 8.22. The maximum absolute atomic E-state index is 13.6. The lowest BCUT2D eigenvalue weighted by Gasteiger charge is -2.23. The summed E-state index contributed by atoms with van der Waals surface area (Å²) in [7, 11) is -2.83. The second kappa shape index (κ2) is 13.5. The topological polar surface area (TPSA) is 163 Å². The van der Waals surface area contributed by atoms with Crippen molar-refractivity contribution in [3.05, 3.63) is 101 Å². The van der Waals surface area contributed by atoms with Crippen LogP contribution in [-0.4, -0.2) is 43.5 Å². The number of hydrogen-bond acceptors (Lipinski definition) is 10. The number of amides is 2. The van der Waals surface area contributed by atoms with Crippen molar-refractivity contribution in [2.45, 2.75) is 36.7 Å². The van der Waals surface area contributed by atoms with Gasteiger partial charge in [0.15, 0.2) is 0 Å². The van der Waals surface area contributed by atoms with E-state index in [0.717, 1.165) is 27.4 Å². The SMILES string of the molecule is COC(=O)N[C@@H](Cc1ccccc1)C(=O)N[C@@H](Cc1ccc(S(=O)(=O)ON)cc1)c1csc(-c2ccc(C)nc2)n1. The Morgan fingerprint density at radius 1 is 0.976 bits per heavy atom. The van der Waals surface area contributed by atoms with Gasteiger partial charge in [0.05, 0.1) is 23.7 Å². The van der Waals surface area contributed by atoms with Crippen molar-refractivity contribution < 1.29 is 27.0 Å². The van der Waals surface area contributed by atoms with E-state index in [1.807, 2.05) is 54.8 Å². The van der Waals surface area contributed by atoms with Crippen LogP contribution in [0.15, 0.2) is 83.2 Å². The Morgan fingerprint density at radius 3 is 2.32 bits per heavy atom. The van der Waals surface area contributed by atoms with Crippen LogP contribution in [0.3, 0.4) is 0 Å². The number of benzene rings is 2. The molecule has 13 heteroatoms. The molecule has 0 bridgehead atoms. The first-order valence-electron chi connectivity index (χ1n) is 12.5. The van der Waals surface area contributed by atoms with E-state index in [4.69, 9.17) is 15.6 Å². The van der Waals surface area contributed by atoms with Gasteiger partial charge in [0, 0.05) is 29.3 Å². The number of alkyl carbamates (subject to hydrolysis) is 1. The van der Waals surface area contributed by atoms with E-state index in [1.165, 1.54) is 30.6 Å². The predicted octanol–water partition coefficient (Wildman–Crippen LogP) is 3.46. The standard InChI is InChI=1S/C28H29N5O6S2/c1-18-8-11-21(16-30-18)27-32-25(17-40-27)23(14-20-9-12-22(13-10-20)41(36,37)39-29)31-26(34)24(33-28(35)38-2)15-19-6-4-3-5-7-19/h3-13,16-17,23-24H,14-15,29H2,1-2H3,(H,31,34)(H,33,35)/t23-,24-/m0/s1. The van der Waals surface area contributed by atoms with Crippen LogP contribution in [0.25, 0.3) is 10.6 Å². The molecule has 0 unspecified atom stereocenters. The zero-order chi connectivity index (χ0) is 29.4. The van der Waals surface area contributed by atoms with Gasteiger partial charge in [-0.2, -0.15) is 18.6 Å². The van der Waals surface area contributed by atoms with Gasteiger partial charge in [-0.25, -0.2) is 9.78 Å². The summed E-state index contributed by atoms with van der Waals surface area (Å²) in [5.74, 6) is 4.45. The molecule has 4 N–H and O–H groups in total. The summed E-state index contributed by atoms with van der Waals surface area (Å²) in [5, 5.41) is 8.20. The third kappa shape index (κ3) is 7.95. The molecule has 0 aliphatic carbocycles. The van der Waals surface area contributed by atoms with Gasteiger partial charge in [0.2, 0.25) is 5.91 Å². The molecule has 4 aromatic rings. The van der Waals surface area contributed by atoms with Crippen molar-refractivity contribution in [3.63, 3.8) is 0 Å². The molecule has 4 rings (SSSR count). The zero-order valence-electron chi connectivity index (χ0n) is 22.3. The van der Waals surface area contributed by atoms with E-state index in [2.05, 4.69) is 19.9 Å². The first-order valence-corrected chi connectivity index (χ1v) is 14.8. The lowest BCUT2D eigenvalue weighted by molar-refractivity contribution is -0.123. The minimum absolute atomic E-state index is 0.0997. The fourth-order valence-corrected chi connectivity index (χ4v) is 5.46. The number of rotatable bonds is 11. The van der Waals surface area contributed by atoms with Crippen LogP contribution in [0.4, 0.5) is 4.79 Å². The molecular formula is C28H29N5O6S2. The molecule has 2 amide bonds. The number of aromatic nitrogens is 2. The molecule has 41 heavy (non-hydrogen) atoms. The minimum atomic E-state index is -4.06. The second-order valence-electron chi connectivity index (χ2n) is 9.10. The second-order valence-corrected chi connectivity index (χ2v) is 11.5. The molecule has 2 atom stereocenters. The average Bonchev–Trinajstić information content (AvgIpc) is 3.48. The number of carbonyl (C=O) groups is 2. The van der Waals surface area contributed by atoms with Crippen molar-refractivity contribution in [1.82, 2.24) is 20.6 Å². The Bertz CT molecular complexity index is 1580. The van der Waals surface area contributed by atoms with Crippen LogP contribution < -0.4 is 16.5 Å². The molecule has 11 nitrogen and oxygen atoms in total. The Kier molecular flexibility index (Phi) is 9.78. The van der Waals surface area contributed by atoms with Crippen LogP contribution in [0, 0.1) is 6.92 Å². The van der Waals surface area contributed by atoms with E-state index >= 15 is 0 Å². The average molecular weight is 596 g/mol. The monoisotopic (exact) mass is 595 g/mol. The van der Waals surface area contributed by atoms with E-state index in [0.29, 0.717) is 5.69 Å². The first-order chi connectivity index (χ1) is 19.7. The lowest BCUT2D eigenvalue weighted by atomic mass is 10.0. The van der Waals surface area contributed by atoms with E-state index < -0.39 is 34.2 Å². The number of nitrogens with one attached hydrogen (secondary N) is 2. The third-order valence-electron chi connectivity index (χ3n) is 6.21. The minimum Gasteiger partial charge on any atom is -0.453 e. The van der Waals surface area contributed by atoms with Gasteiger partial charge in [0.25, 0.3) is 0 Å². The predicted molar refractivity (Wildman–Crippen MR) is 153 cm³/mol. The van der Waals surface area contributed by atoms with Crippen molar-refractivity contribution in [2.24, 2.45) is 5.90 Å². The highest BCUT2D eigenvalue weighted by Crippen LogP contribution is 2.28. The fraction of sp³-hybridized carbons (Fsp3) is 0.214. The molecule has 0 radical (unpaired) electrons. The van der Waals surface area contributed by atoms with Gasteiger partial charge >= 0.3 is 16.2 Å². The quantitative estimate of drug-likeness (QED) is 0.220. The highest BCUT2D eigenvalue weighted by atomic mass is 32.2. The van der Waals surface area contributed by atoms with Crippen molar-refractivity contribution in [1.29, 1.82) is 0 Å². The van der Waals surface area contributed by atoms with Gasteiger partial charge in [-0.1, -0.05) is 42.5 Å². The summed E-state index contributed by atoms with van der Waals surface area (Å²) >= 11 is 1.41. The number of hydrogen-bond donors (Lipinski definition) is 3. The van der Waals surface area contributed by atoms with Gasteiger partial charge in [-0.05, 0) is 48.7 Å². The van der Waals surface area contributed by atoms with Gasteiger partial charge in [-0.15, -0.1) is 11.3 Å². The smallest absolute Gasteiger partial charge is 0.407 e. The van der Waals surface area contributed by atoms with Crippen molar-refractivity contribution in [2.75, 3.05) is 7.11 Å². The summed E-state index contributed by atoms with van der Waals surface area (Å²) < 4.78 is 32.7. The molecule has 214 valence electrons. The molecular weight excluding hydrogens is 566 g/mol. The van der Waals surface area contributed by atoms with Crippen LogP contribution in [0.5, 0.6) is 0 Å². The summed E-state index contributed by atoms with van der Waals surface area (Å²) in [5.41, 5.74) is 3.88.